The monoisotopic (exact) mass is 344 g/mol. The van der Waals surface area contributed by atoms with E-state index >= 15 is 0 Å². The van der Waals surface area contributed by atoms with Crippen molar-refractivity contribution in [3.63, 3.8) is 0 Å². The van der Waals surface area contributed by atoms with Crippen LogP contribution in [0.5, 0.6) is 0 Å². The Morgan fingerprint density at radius 3 is 2.48 bits per heavy atom. The minimum atomic E-state index is -0.124. The average molecular weight is 344 g/mol. The molecule has 3 nitrogen and oxygen atoms in total. The van der Waals surface area contributed by atoms with E-state index in [4.69, 9.17) is 4.74 Å². The lowest BCUT2D eigenvalue weighted by atomic mass is 9.58. The molecule has 9 atom stereocenters. The second-order valence-corrected chi connectivity index (χ2v) is 10.5. The lowest BCUT2D eigenvalue weighted by Gasteiger charge is -2.48. The molecule has 1 spiro atoms. The lowest BCUT2D eigenvalue weighted by molar-refractivity contribution is -0.155. The predicted octanol–water partition coefficient (Wildman–Crippen LogP) is 4.39. The number of hydrogen-bond donors (Lipinski definition) is 0. The van der Waals surface area contributed by atoms with Crippen molar-refractivity contribution < 1.29 is 14.3 Å². The number of esters is 1. The summed E-state index contributed by atoms with van der Waals surface area (Å²) in [5.74, 6) is 3.85. The van der Waals surface area contributed by atoms with Gasteiger partial charge in [-0.25, -0.2) is 0 Å². The minimum absolute atomic E-state index is 0.00648. The SMILES string of the molecule is CC(=O)OC1CCC2C3CCC4(C3CCC12C)C1C(C)CC(=O)C14C. The maximum atomic E-state index is 12.8. The Bertz CT molecular complexity index is 656. The molecule has 138 valence electrons. The zero-order valence-electron chi connectivity index (χ0n) is 16.1. The maximum Gasteiger partial charge on any atom is 0.302 e. The van der Waals surface area contributed by atoms with E-state index in [2.05, 4.69) is 20.8 Å². The van der Waals surface area contributed by atoms with Crippen molar-refractivity contribution in [3.8, 4) is 0 Å². The second-order valence-electron chi connectivity index (χ2n) is 10.5. The van der Waals surface area contributed by atoms with Gasteiger partial charge in [-0.15, -0.1) is 0 Å². The Morgan fingerprint density at radius 2 is 1.84 bits per heavy atom. The van der Waals surface area contributed by atoms with Crippen molar-refractivity contribution in [3.05, 3.63) is 0 Å². The van der Waals surface area contributed by atoms with E-state index in [0.29, 0.717) is 29.0 Å². The van der Waals surface area contributed by atoms with Gasteiger partial charge in [0.2, 0.25) is 0 Å². The Balaban J connectivity index is 1.44. The van der Waals surface area contributed by atoms with E-state index in [1.807, 2.05) is 0 Å². The first kappa shape index (κ1) is 16.3. The number of Topliss-reactive ketones (excluding diaryl/α,β-unsaturated/α-hetero) is 1. The molecule has 3 heteroatoms. The molecule has 0 heterocycles. The zero-order chi connectivity index (χ0) is 17.8. The summed E-state index contributed by atoms with van der Waals surface area (Å²) in [4.78, 5) is 24.3. The summed E-state index contributed by atoms with van der Waals surface area (Å²) in [5.41, 5.74) is 0.486. The summed E-state index contributed by atoms with van der Waals surface area (Å²) in [7, 11) is 0. The van der Waals surface area contributed by atoms with E-state index in [9.17, 15) is 9.59 Å². The number of ketones is 1. The maximum absolute atomic E-state index is 12.8. The van der Waals surface area contributed by atoms with Crippen LogP contribution in [0.15, 0.2) is 0 Å². The van der Waals surface area contributed by atoms with Gasteiger partial charge < -0.3 is 4.74 Å². The molecule has 9 unspecified atom stereocenters. The summed E-state index contributed by atoms with van der Waals surface area (Å²) in [6.45, 7) is 8.54. The van der Waals surface area contributed by atoms with Gasteiger partial charge in [-0.1, -0.05) is 20.8 Å². The third kappa shape index (κ3) is 1.65. The second kappa shape index (κ2) is 4.70. The molecule has 0 amide bonds. The Morgan fingerprint density at radius 1 is 1.08 bits per heavy atom. The van der Waals surface area contributed by atoms with Crippen molar-refractivity contribution in [2.75, 3.05) is 0 Å². The van der Waals surface area contributed by atoms with Crippen LogP contribution in [0.3, 0.4) is 0 Å². The molecule has 5 saturated carbocycles. The van der Waals surface area contributed by atoms with Crippen LogP contribution < -0.4 is 0 Å². The van der Waals surface area contributed by atoms with Crippen molar-refractivity contribution in [2.24, 2.45) is 45.8 Å². The molecule has 0 aliphatic heterocycles. The normalized spacial score (nSPS) is 58.8. The molecule has 0 aromatic heterocycles. The molecular formula is C22H32O3. The van der Waals surface area contributed by atoms with Crippen LogP contribution in [0.1, 0.15) is 72.6 Å². The smallest absolute Gasteiger partial charge is 0.302 e. The van der Waals surface area contributed by atoms with Crippen LogP contribution in [-0.2, 0) is 14.3 Å². The van der Waals surface area contributed by atoms with Gasteiger partial charge in [0.25, 0.3) is 0 Å². The van der Waals surface area contributed by atoms with Gasteiger partial charge >= 0.3 is 5.97 Å². The van der Waals surface area contributed by atoms with Gasteiger partial charge in [0.1, 0.15) is 11.9 Å². The quantitative estimate of drug-likeness (QED) is 0.663. The van der Waals surface area contributed by atoms with E-state index < -0.39 is 0 Å². The van der Waals surface area contributed by atoms with Crippen LogP contribution in [0, 0.1) is 45.8 Å². The first-order valence-corrected chi connectivity index (χ1v) is 10.5. The van der Waals surface area contributed by atoms with Crippen LogP contribution in [-0.4, -0.2) is 17.9 Å². The van der Waals surface area contributed by atoms with Crippen LogP contribution in [0.25, 0.3) is 0 Å². The highest BCUT2D eigenvalue weighted by Crippen LogP contribution is 2.86. The van der Waals surface area contributed by atoms with Crippen LogP contribution in [0.2, 0.25) is 0 Å². The van der Waals surface area contributed by atoms with Gasteiger partial charge in [-0.2, -0.15) is 0 Å². The number of fused-ring (bicyclic) bond motifs is 7. The van der Waals surface area contributed by atoms with E-state index in [1.165, 1.54) is 32.1 Å². The van der Waals surface area contributed by atoms with Crippen molar-refractivity contribution >= 4 is 11.8 Å². The summed E-state index contributed by atoms with van der Waals surface area (Å²) in [6.07, 6.45) is 8.14. The van der Waals surface area contributed by atoms with Crippen molar-refractivity contribution in [2.45, 2.75) is 78.7 Å². The Kier molecular flexibility index (Phi) is 3.07. The standard InChI is InChI=1S/C22H32O3/c1-12-11-17(24)21(4)19(12)22(21)10-7-14-15-5-6-18(25-13(2)23)20(15,3)9-8-16(14)22/h12,14-16,18-19H,5-11H2,1-4H3. The largest absolute Gasteiger partial charge is 0.462 e. The molecule has 5 rings (SSSR count). The highest BCUT2D eigenvalue weighted by atomic mass is 16.5. The van der Waals surface area contributed by atoms with Gasteiger partial charge in [0, 0.05) is 24.2 Å². The molecule has 0 saturated heterocycles. The molecule has 5 aliphatic carbocycles. The first-order valence-electron chi connectivity index (χ1n) is 10.5. The Hall–Kier alpha value is -0.860. The van der Waals surface area contributed by atoms with Gasteiger partial charge in [0.15, 0.2) is 0 Å². The number of hydrogen-bond acceptors (Lipinski definition) is 3. The minimum Gasteiger partial charge on any atom is -0.462 e. The highest BCUT2D eigenvalue weighted by molar-refractivity contribution is 5.93. The zero-order valence-corrected chi connectivity index (χ0v) is 16.1. The fraction of sp³-hybridized carbons (Fsp3) is 0.909. The van der Waals surface area contributed by atoms with E-state index in [-0.39, 0.29) is 22.9 Å². The molecule has 0 N–H and O–H groups in total. The third-order valence-electron chi connectivity index (χ3n) is 9.93. The summed E-state index contributed by atoms with van der Waals surface area (Å²) < 4.78 is 5.74. The number of carbonyl (C=O) groups excluding carboxylic acids is 2. The van der Waals surface area contributed by atoms with E-state index in [1.54, 1.807) is 6.92 Å². The lowest BCUT2D eigenvalue weighted by Crippen LogP contribution is -2.45. The molecule has 0 aromatic rings. The fourth-order valence-electron chi connectivity index (χ4n) is 9.19. The molecule has 0 bridgehead atoms. The van der Waals surface area contributed by atoms with Gasteiger partial charge in [0.05, 0.1) is 0 Å². The number of carbonyl (C=O) groups is 2. The summed E-state index contributed by atoms with van der Waals surface area (Å²) in [6, 6.07) is 0. The molecule has 5 fully saturated rings. The van der Waals surface area contributed by atoms with Crippen LogP contribution in [0.4, 0.5) is 0 Å². The van der Waals surface area contributed by atoms with Crippen molar-refractivity contribution in [1.82, 2.24) is 0 Å². The predicted molar refractivity (Wildman–Crippen MR) is 94.7 cm³/mol. The third-order valence-corrected chi connectivity index (χ3v) is 9.93. The molecule has 5 aliphatic rings. The topological polar surface area (TPSA) is 43.4 Å². The van der Waals surface area contributed by atoms with Crippen molar-refractivity contribution in [1.29, 1.82) is 0 Å². The average Bonchev–Trinajstić information content (AvgIpc) is 2.80. The number of rotatable bonds is 1. The molecular weight excluding hydrogens is 312 g/mol. The summed E-state index contributed by atoms with van der Waals surface area (Å²) in [5, 5.41) is 0. The first-order chi connectivity index (χ1) is 11.8. The number of ether oxygens (including phenoxy) is 1. The highest BCUT2D eigenvalue weighted by Gasteiger charge is 2.85. The Labute approximate surface area is 151 Å². The molecule has 25 heavy (non-hydrogen) atoms. The summed E-state index contributed by atoms with van der Waals surface area (Å²) >= 11 is 0. The fourth-order valence-corrected chi connectivity index (χ4v) is 9.19. The van der Waals surface area contributed by atoms with E-state index in [0.717, 1.165) is 24.7 Å². The van der Waals surface area contributed by atoms with Crippen LogP contribution >= 0.6 is 0 Å². The molecule has 0 radical (unpaired) electrons. The van der Waals surface area contributed by atoms with Gasteiger partial charge in [-0.05, 0) is 73.5 Å². The molecule has 0 aromatic carbocycles. The van der Waals surface area contributed by atoms with Gasteiger partial charge in [-0.3, -0.25) is 9.59 Å².